The molecule has 0 aliphatic heterocycles. The van der Waals surface area contributed by atoms with Gasteiger partial charge in [0.25, 0.3) is 5.91 Å². The van der Waals surface area contributed by atoms with Gasteiger partial charge in [-0.1, -0.05) is 29.3 Å². The van der Waals surface area contributed by atoms with Crippen LogP contribution in [0.25, 0.3) is 0 Å². The van der Waals surface area contributed by atoms with E-state index in [1.54, 1.807) is 43.3 Å². The molecule has 2 aromatic rings. The van der Waals surface area contributed by atoms with Crippen molar-refractivity contribution in [3.05, 3.63) is 52.0 Å². The maximum Gasteiger partial charge on any atom is 0.265 e. The number of halogens is 2. The van der Waals surface area contributed by atoms with Crippen LogP contribution in [0.15, 0.2) is 36.4 Å². The number of ether oxygens (including phenoxy) is 2. The van der Waals surface area contributed by atoms with Crippen molar-refractivity contribution in [2.45, 2.75) is 20.0 Å². The second-order valence-corrected chi connectivity index (χ2v) is 5.85. The lowest BCUT2D eigenvalue weighted by atomic mass is 10.2. The Balaban J connectivity index is 2.11. The van der Waals surface area contributed by atoms with Gasteiger partial charge in [0.2, 0.25) is 0 Å². The van der Waals surface area contributed by atoms with Gasteiger partial charge in [0.1, 0.15) is 11.5 Å². The molecule has 1 unspecified atom stereocenters. The quantitative estimate of drug-likeness (QED) is 0.845. The highest BCUT2D eigenvalue weighted by molar-refractivity contribution is 6.31. The molecule has 0 aliphatic carbocycles. The predicted octanol–water partition coefficient (Wildman–Crippen LogP) is 4.72. The third-order valence-corrected chi connectivity index (χ3v) is 3.86. The van der Waals surface area contributed by atoms with Crippen LogP contribution in [-0.2, 0) is 4.79 Å². The van der Waals surface area contributed by atoms with Gasteiger partial charge in [0.15, 0.2) is 6.10 Å². The molecule has 1 atom stereocenters. The molecule has 0 radical (unpaired) electrons. The Kier molecular flexibility index (Phi) is 5.74. The molecule has 2 rings (SSSR count). The number of carbonyl (C=O) groups excluding carboxylic acids is 1. The van der Waals surface area contributed by atoms with Gasteiger partial charge in [-0.05, 0) is 43.7 Å². The fourth-order valence-electron chi connectivity index (χ4n) is 1.96. The number of methoxy groups -OCH3 is 1. The summed E-state index contributed by atoms with van der Waals surface area (Å²) in [6, 6.07) is 10.3. The van der Waals surface area contributed by atoms with Crippen LogP contribution in [0.3, 0.4) is 0 Å². The highest BCUT2D eigenvalue weighted by Crippen LogP contribution is 2.31. The number of rotatable bonds is 5. The zero-order valence-corrected chi connectivity index (χ0v) is 14.5. The molecule has 1 N–H and O–H groups in total. The molecular formula is C17H17Cl2NO3. The molecule has 0 saturated heterocycles. The predicted molar refractivity (Wildman–Crippen MR) is 92.9 cm³/mol. The normalized spacial score (nSPS) is 11.7. The lowest BCUT2D eigenvalue weighted by Crippen LogP contribution is -2.30. The van der Waals surface area contributed by atoms with Crippen LogP contribution in [0.2, 0.25) is 10.0 Å². The second kappa shape index (κ2) is 7.57. The van der Waals surface area contributed by atoms with Crippen molar-refractivity contribution in [1.29, 1.82) is 0 Å². The molecule has 0 fully saturated rings. The summed E-state index contributed by atoms with van der Waals surface area (Å²) in [6.07, 6.45) is -0.700. The number of hydrogen-bond acceptors (Lipinski definition) is 3. The van der Waals surface area contributed by atoms with Gasteiger partial charge in [0, 0.05) is 16.1 Å². The largest absolute Gasteiger partial charge is 0.495 e. The van der Waals surface area contributed by atoms with Crippen LogP contribution in [0.1, 0.15) is 12.5 Å². The van der Waals surface area contributed by atoms with E-state index in [9.17, 15) is 4.79 Å². The van der Waals surface area contributed by atoms with Gasteiger partial charge in [-0.25, -0.2) is 0 Å². The fourth-order valence-corrected chi connectivity index (χ4v) is 2.30. The van der Waals surface area contributed by atoms with Crippen LogP contribution in [0, 0.1) is 6.92 Å². The number of amides is 1. The standard InChI is InChI=1S/C17H17Cl2NO3/c1-10-7-15(16(22-3)9-14(10)19)20-17(21)11(2)23-13-6-4-5-12(18)8-13/h4-9,11H,1-3H3,(H,20,21). The van der Waals surface area contributed by atoms with Crippen molar-refractivity contribution in [3.63, 3.8) is 0 Å². The molecule has 0 aromatic heterocycles. The van der Waals surface area contributed by atoms with Crippen LogP contribution in [0.5, 0.6) is 11.5 Å². The van der Waals surface area contributed by atoms with E-state index < -0.39 is 6.10 Å². The Labute approximate surface area is 145 Å². The highest BCUT2D eigenvalue weighted by Gasteiger charge is 2.17. The molecule has 6 heteroatoms. The summed E-state index contributed by atoms with van der Waals surface area (Å²) in [6.45, 7) is 3.51. The van der Waals surface area contributed by atoms with E-state index in [2.05, 4.69) is 5.32 Å². The average molecular weight is 354 g/mol. The number of aryl methyl sites for hydroxylation is 1. The Morgan fingerprint density at radius 1 is 1.22 bits per heavy atom. The van der Waals surface area contributed by atoms with E-state index in [4.69, 9.17) is 32.7 Å². The number of carbonyl (C=O) groups is 1. The molecule has 4 nitrogen and oxygen atoms in total. The molecule has 0 spiro atoms. The maximum absolute atomic E-state index is 12.3. The summed E-state index contributed by atoms with van der Waals surface area (Å²) in [5.74, 6) is 0.716. The van der Waals surface area contributed by atoms with Gasteiger partial charge in [-0.15, -0.1) is 0 Å². The first-order chi connectivity index (χ1) is 10.9. The van der Waals surface area contributed by atoms with Gasteiger partial charge in [0.05, 0.1) is 12.8 Å². The summed E-state index contributed by atoms with van der Waals surface area (Å²) in [4.78, 5) is 12.3. The lowest BCUT2D eigenvalue weighted by Gasteiger charge is -2.17. The topological polar surface area (TPSA) is 47.6 Å². The Hall–Kier alpha value is -1.91. The number of benzene rings is 2. The molecule has 0 saturated carbocycles. The number of anilines is 1. The van der Waals surface area contributed by atoms with Crippen molar-refractivity contribution in [1.82, 2.24) is 0 Å². The monoisotopic (exact) mass is 353 g/mol. The fraction of sp³-hybridized carbons (Fsp3) is 0.235. The van der Waals surface area contributed by atoms with Gasteiger partial charge in [-0.3, -0.25) is 4.79 Å². The minimum Gasteiger partial charge on any atom is -0.495 e. The third kappa shape index (κ3) is 4.53. The minimum absolute atomic E-state index is 0.301. The van der Waals surface area contributed by atoms with Gasteiger partial charge >= 0.3 is 0 Å². The highest BCUT2D eigenvalue weighted by atomic mass is 35.5. The SMILES string of the molecule is COc1cc(Cl)c(C)cc1NC(=O)C(C)Oc1cccc(Cl)c1. The van der Waals surface area contributed by atoms with E-state index in [-0.39, 0.29) is 5.91 Å². The van der Waals surface area contributed by atoms with E-state index in [0.717, 1.165) is 5.56 Å². The molecule has 0 aliphatic rings. The minimum atomic E-state index is -0.700. The van der Waals surface area contributed by atoms with Crippen LogP contribution >= 0.6 is 23.2 Å². The third-order valence-electron chi connectivity index (χ3n) is 3.22. The first-order valence-electron chi connectivity index (χ1n) is 6.98. The van der Waals surface area contributed by atoms with Gasteiger partial charge in [-0.2, -0.15) is 0 Å². The smallest absolute Gasteiger partial charge is 0.265 e. The zero-order chi connectivity index (χ0) is 17.0. The first kappa shape index (κ1) is 17.4. The Morgan fingerprint density at radius 3 is 2.61 bits per heavy atom. The molecule has 0 heterocycles. The summed E-state index contributed by atoms with van der Waals surface area (Å²) in [5, 5.41) is 3.90. The van der Waals surface area contributed by atoms with Crippen molar-refractivity contribution in [3.8, 4) is 11.5 Å². The first-order valence-corrected chi connectivity index (χ1v) is 7.73. The van der Waals surface area contributed by atoms with E-state index >= 15 is 0 Å². The maximum atomic E-state index is 12.3. The van der Waals surface area contributed by atoms with Crippen molar-refractivity contribution < 1.29 is 14.3 Å². The van der Waals surface area contributed by atoms with Crippen LogP contribution < -0.4 is 14.8 Å². The molecule has 1 amide bonds. The molecule has 0 bridgehead atoms. The Morgan fingerprint density at radius 2 is 1.96 bits per heavy atom. The lowest BCUT2D eigenvalue weighted by molar-refractivity contribution is -0.122. The summed E-state index contributed by atoms with van der Waals surface area (Å²) >= 11 is 12.0. The molecule has 23 heavy (non-hydrogen) atoms. The summed E-state index contributed by atoms with van der Waals surface area (Å²) in [5.41, 5.74) is 1.38. The van der Waals surface area contributed by atoms with Crippen molar-refractivity contribution >= 4 is 34.8 Å². The number of nitrogens with one attached hydrogen (secondary N) is 1. The van der Waals surface area contributed by atoms with E-state index in [1.807, 2.05) is 6.92 Å². The summed E-state index contributed by atoms with van der Waals surface area (Å²) < 4.78 is 10.8. The zero-order valence-electron chi connectivity index (χ0n) is 13.0. The van der Waals surface area contributed by atoms with Crippen molar-refractivity contribution in [2.24, 2.45) is 0 Å². The van der Waals surface area contributed by atoms with E-state index in [1.165, 1.54) is 7.11 Å². The molecular weight excluding hydrogens is 337 g/mol. The number of hydrogen-bond donors (Lipinski definition) is 1. The molecule has 122 valence electrons. The van der Waals surface area contributed by atoms with Crippen LogP contribution in [-0.4, -0.2) is 19.1 Å². The molecule has 2 aromatic carbocycles. The Bertz CT molecular complexity index is 719. The summed E-state index contributed by atoms with van der Waals surface area (Å²) in [7, 11) is 1.52. The van der Waals surface area contributed by atoms with Crippen molar-refractivity contribution in [2.75, 3.05) is 12.4 Å². The average Bonchev–Trinajstić information content (AvgIpc) is 2.50. The van der Waals surface area contributed by atoms with Gasteiger partial charge < -0.3 is 14.8 Å². The van der Waals surface area contributed by atoms with Crippen LogP contribution in [0.4, 0.5) is 5.69 Å². The van der Waals surface area contributed by atoms with E-state index in [0.29, 0.717) is 27.2 Å². The second-order valence-electron chi connectivity index (χ2n) is 5.01.